The van der Waals surface area contributed by atoms with E-state index in [4.69, 9.17) is 9.47 Å². The monoisotopic (exact) mass is 315 g/mol. The molecule has 0 aromatic carbocycles. The van der Waals surface area contributed by atoms with Crippen molar-refractivity contribution < 1.29 is 14.3 Å². The molecule has 1 N–H and O–H groups in total. The van der Waals surface area contributed by atoms with Gasteiger partial charge in [-0.1, -0.05) is 6.42 Å². The molecule has 0 amide bonds. The van der Waals surface area contributed by atoms with Crippen molar-refractivity contribution in [3.8, 4) is 0 Å². The Morgan fingerprint density at radius 3 is 2.71 bits per heavy atom. The molecule has 0 aromatic rings. The number of thioether (sulfide) groups is 1. The Kier molecular flexibility index (Phi) is 6.38. The summed E-state index contributed by atoms with van der Waals surface area (Å²) in [7, 11) is 1.48. The Morgan fingerprint density at radius 2 is 2.14 bits per heavy atom. The molecule has 2 aliphatic rings. The zero-order valence-electron chi connectivity index (χ0n) is 13.5. The quantitative estimate of drug-likeness (QED) is 0.524. The number of carbonyl (C=O) groups excluding carboxylic acids is 1. The van der Waals surface area contributed by atoms with E-state index < -0.39 is 5.54 Å². The molecule has 3 atom stereocenters. The van der Waals surface area contributed by atoms with Crippen molar-refractivity contribution in [3.05, 3.63) is 0 Å². The number of carbonyl (C=O) groups is 1. The fourth-order valence-electron chi connectivity index (χ4n) is 2.88. The van der Waals surface area contributed by atoms with Crippen LogP contribution in [0.4, 0.5) is 0 Å². The Hall–Kier alpha value is -0.260. The van der Waals surface area contributed by atoms with E-state index in [-0.39, 0.29) is 5.97 Å². The van der Waals surface area contributed by atoms with Crippen molar-refractivity contribution in [1.82, 2.24) is 5.32 Å². The number of rotatable bonds is 9. The molecular formula is C16H29NO3S. The minimum atomic E-state index is -0.510. The molecule has 0 spiro atoms. The van der Waals surface area contributed by atoms with Crippen LogP contribution in [0.25, 0.3) is 0 Å². The first-order chi connectivity index (χ1) is 10.0. The molecule has 2 fully saturated rings. The predicted octanol–water partition coefficient (Wildman–Crippen LogP) is 2.75. The molecule has 1 aliphatic carbocycles. The van der Waals surface area contributed by atoms with Crippen LogP contribution in [0.2, 0.25) is 0 Å². The second kappa shape index (κ2) is 7.84. The summed E-state index contributed by atoms with van der Waals surface area (Å²) >= 11 is 2.02. The zero-order chi connectivity index (χ0) is 15.3. The van der Waals surface area contributed by atoms with Gasteiger partial charge in [0.1, 0.15) is 5.54 Å². The molecule has 0 radical (unpaired) electrons. The van der Waals surface area contributed by atoms with E-state index in [0.717, 1.165) is 31.6 Å². The minimum Gasteiger partial charge on any atom is -0.468 e. The van der Waals surface area contributed by atoms with Crippen LogP contribution in [0.5, 0.6) is 0 Å². The summed E-state index contributed by atoms with van der Waals surface area (Å²) < 4.78 is 10.6. The van der Waals surface area contributed by atoms with Gasteiger partial charge in [0, 0.05) is 17.9 Å². The summed E-state index contributed by atoms with van der Waals surface area (Å²) in [4.78, 5) is 12.0. The minimum absolute atomic E-state index is 0.125. The second-order valence-electron chi connectivity index (χ2n) is 6.47. The van der Waals surface area contributed by atoms with E-state index in [2.05, 4.69) is 12.2 Å². The molecular weight excluding hydrogens is 286 g/mol. The van der Waals surface area contributed by atoms with Crippen LogP contribution in [0, 0.1) is 0 Å². The fraction of sp³-hybridized carbons (Fsp3) is 0.938. The van der Waals surface area contributed by atoms with E-state index in [1.807, 2.05) is 18.7 Å². The van der Waals surface area contributed by atoms with Crippen LogP contribution >= 0.6 is 11.8 Å². The van der Waals surface area contributed by atoms with Gasteiger partial charge in [-0.25, -0.2) is 0 Å². The van der Waals surface area contributed by atoms with Crippen molar-refractivity contribution in [2.24, 2.45) is 0 Å². The maximum Gasteiger partial charge on any atom is 0.325 e. The number of nitrogens with one attached hydrogen (secondary N) is 1. The van der Waals surface area contributed by atoms with Crippen molar-refractivity contribution in [1.29, 1.82) is 0 Å². The van der Waals surface area contributed by atoms with Crippen LogP contribution in [-0.2, 0) is 14.3 Å². The lowest BCUT2D eigenvalue weighted by Gasteiger charge is -2.28. The molecule has 1 heterocycles. The molecule has 0 aromatic heterocycles. The SMILES string of the molecule is COC(=O)C(C)(CCCCSC1CCOC1C)NC1CC1. The predicted molar refractivity (Wildman–Crippen MR) is 86.7 cm³/mol. The number of hydrogen-bond donors (Lipinski definition) is 1. The third kappa shape index (κ3) is 5.15. The van der Waals surface area contributed by atoms with Gasteiger partial charge in [0.25, 0.3) is 0 Å². The van der Waals surface area contributed by atoms with Gasteiger partial charge < -0.3 is 9.47 Å². The average molecular weight is 315 g/mol. The molecule has 122 valence electrons. The van der Waals surface area contributed by atoms with Gasteiger partial charge in [-0.2, -0.15) is 11.8 Å². The first kappa shape index (κ1) is 17.1. The van der Waals surface area contributed by atoms with Crippen molar-refractivity contribution in [2.75, 3.05) is 19.5 Å². The van der Waals surface area contributed by atoms with Gasteiger partial charge in [0.05, 0.1) is 13.2 Å². The molecule has 3 unspecified atom stereocenters. The number of unbranched alkanes of at least 4 members (excludes halogenated alkanes) is 1. The number of methoxy groups -OCH3 is 1. The smallest absolute Gasteiger partial charge is 0.325 e. The maximum atomic E-state index is 12.0. The largest absolute Gasteiger partial charge is 0.468 e. The van der Waals surface area contributed by atoms with Gasteiger partial charge in [-0.3, -0.25) is 10.1 Å². The number of esters is 1. The first-order valence-corrected chi connectivity index (χ1v) is 9.19. The maximum absolute atomic E-state index is 12.0. The first-order valence-electron chi connectivity index (χ1n) is 8.14. The van der Waals surface area contributed by atoms with Crippen molar-refractivity contribution in [3.63, 3.8) is 0 Å². The van der Waals surface area contributed by atoms with Gasteiger partial charge in [-0.05, 0) is 51.7 Å². The molecule has 1 saturated heterocycles. The lowest BCUT2D eigenvalue weighted by Crippen LogP contribution is -2.51. The number of hydrogen-bond acceptors (Lipinski definition) is 5. The molecule has 0 bridgehead atoms. The highest BCUT2D eigenvalue weighted by molar-refractivity contribution is 7.99. The lowest BCUT2D eigenvalue weighted by molar-refractivity contribution is -0.148. The Labute approximate surface area is 132 Å². The molecule has 1 saturated carbocycles. The van der Waals surface area contributed by atoms with Gasteiger partial charge >= 0.3 is 5.97 Å². The highest BCUT2D eigenvalue weighted by atomic mass is 32.2. The highest BCUT2D eigenvalue weighted by Crippen LogP contribution is 2.29. The van der Waals surface area contributed by atoms with E-state index in [1.54, 1.807) is 0 Å². The van der Waals surface area contributed by atoms with Crippen LogP contribution in [0.3, 0.4) is 0 Å². The lowest BCUT2D eigenvalue weighted by atomic mass is 9.95. The summed E-state index contributed by atoms with van der Waals surface area (Å²) in [5.41, 5.74) is -0.510. The molecule has 1 aliphatic heterocycles. The third-order valence-electron chi connectivity index (χ3n) is 4.45. The fourth-order valence-corrected chi connectivity index (χ4v) is 4.17. The topological polar surface area (TPSA) is 47.6 Å². The van der Waals surface area contributed by atoms with Crippen LogP contribution in [0.15, 0.2) is 0 Å². The summed E-state index contributed by atoms with van der Waals surface area (Å²) in [5.74, 6) is 1.03. The van der Waals surface area contributed by atoms with Crippen LogP contribution in [-0.4, -0.2) is 48.4 Å². The average Bonchev–Trinajstić information content (AvgIpc) is 3.18. The van der Waals surface area contributed by atoms with E-state index in [0.29, 0.717) is 17.4 Å². The molecule has 2 rings (SSSR count). The Morgan fingerprint density at radius 1 is 1.38 bits per heavy atom. The highest BCUT2D eigenvalue weighted by Gasteiger charge is 2.38. The normalized spacial score (nSPS) is 28.3. The zero-order valence-corrected chi connectivity index (χ0v) is 14.3. The van der Waals surface area contributed by atoms with Gasteiger partial charge in [0.15, 0.2) is 0 Å². The summed E-state index contributed by atoms with van der Waals surface area (Å²) in [5, 5.41) is 4.11. The summed E-state index contributed by atoms with van der Waals surface area (Å²) in [6, 6.07) is 0.514. The molecule has 5 heteroatoms. The molecule has 21 heavy (non-hydrogen) atoms. The van der Waals surface area contributed by atoms with E-state index >= 15 is 0 Å². The van der Waals surface area contributed by atoms with Crippen molar-refractivity contribution in [2.45, 2.75) is 75.3 Å². The van der Waals surface area contributed by atoms with Gasteiger partial charge in [-0.15, -0.1) is 0 Å². The van der Waals surface area contributed by atoms with Crippen molar-refractivity contribution >= 4 is 17.7 Å². The number of ether oxygens (including phenoxy) is 2. The third-order valence-corrected chi connectivity index (χ3v) is 6.02. The summed E-state index contributed by atoms with van der Waals surface area (Å²) in [6.07, 6.45) is 6.99. The van der Waals surface area contributed by atoms with Gasteiger partial charge in [0.2, 0.25) is 0 Å². The Bertz CT molecular complexity index is 348. The van der Waals surface area contributed by atoms with E-state index in [9.17, 15) is 4.79 Å². The second-order valence-corrected chi connectivity index (χ2v) is 7.82. The van der Waals surface area contributed by atoms with Crippen LogP contribution in [0.1, 0.15) is 52.4 Å². The Balaban J connectivity index is 1.65. The molecule has 4 nitrogen and oxygen atoms in total. The van der Waals surface area contributed by atoms with Crippen LogP contribution < -0.4 is 5.32 Å². The van der Waals surface area contributed by atoms with E-state index in [1.165, 1.54) is 26.4 Å². The standard InChI is InChI=1S/C16H29NO3S/c1-12-14(8-10-20-12)21-11-5-4-9-16(2,15(18)19-3)17-13-6-7-13/h12-14,17H,4-11H2,1-3H3. The summed E-state index contributed by atoms with van der Waals surface area (Å²) in [6.45, 7) is 5.06.